The predicted octanol–water partition coefficient (Wildman–Crippen LogP) is 0.500. The summed E-state index contributed by atoms with van der Waals surface area (Å²) in [4.78, 5) is 0. The van der Waals surface area contributed by atoms with Gasteiger partial charge in [0.25, 0.3) is 0 Å². The van der Waals surface area contributed by atoms with Crippen LogP contribution in [-0.4, -0.2) is 49.8 Å². The Bertz CT molecular complexity index is 344. The van der Waals surface area contributed by atoms with Crippen molar-refractivity contribution >= 4 is 20.6 Å². The van der Waals surface area contributed by atoms with E-state index in [-0.39, 0.29) is 0 Å². The average Bonchev–Trinajstić information content (AvgIpc) is 2.25. The molecule has 3 radical (unpaired) electrons. The van der Waals surface area contributed by atoms with Crippen LogP contribution < -0.4 is 0 Å². The van der Waals surface area contributed by atoms with Crippen molar-refractivity contribution in [1.82, 2.24) is 0 Å². The summed E-state index contributed by atoms with van der Waals surface area (Å²) in [6.07, 6.45) is -0.163. The molecule has 0 N–H and O–H groups in total. The van der Waals surface area contributed by atoms with Gasteiger partial charge in [0, 0.05) is 6.61 Å². The summed E-state index contributed by atoms with van der Waals surface area (Å²) in [5.74, 6) is 0. The van der Waals surface area contributed by atoms with Crippen LogP contribution in [0.5, 0.6) is 0 Å². The molecular weight excluding hydrogens is 281 g/mol. The van der Waals surface area contributed by atoms with Crippen LogP contribution in [-0.2, 0) is 23.5 Å². The van der Waals surface area contributed by atoms with E-state index in [0.29, 0.717) is 19.4 Å². The number of alkyl halides is 3. The molecule has 1 aliphatic heterocycles. The van der Waals surface area contributed by atoms with Crippen LogP contribution in [0.4, 0.5) is 13.2 Å². The van der Waals surface area contributed by atoms with Crippen molar-refractivity contribution in [3.8, 4) is 0 Å². The standard InChI is InChI=1S/C7H10F3O5SSi/c8-7(9,10)16(11,12)14-4-6-5(15-17)2-1-3-13-6/h5-6H,1-4H2/t5-,6+/m0/s1. The molecule has 0 amide bonds. The first kappa shape index (κ1) is 14.9. The molecule has 0 aromatic rings. The molecule has 1 fully saturated rings. The largest absolute Gasteiger partial charge is 0.523 e. The molecule has 0 bridgehead atoms. The van der Waals surface area contributed by atoms with E-state index in [9.17, 15) is 21.6 Å². The van der Waals surface area contributed by atoms with Gasteiger partial charge in [-0.15, -0.1) is 0 Å². The Hall–Kier alpha value is -0.163. The molecule has 1 heterocycles. The molecule has 2 atom stereocenters. The molecule has 1 saturated heterocycles. The lowest BCUT2D eigenvalue weighted by molar-refractivity contribution is -0.0873. The van der Waals surface area contributed by atoms with Crippen molar-refractivity contribution in [2.24, 2.45) is 0 Å². The van der Waals surface area contributed by atoms with E-state index in [2.05, 4.69) is 14.7 Å². The Morgan fingerprint density at radius 3 is 2.59 bits per heavy atom. The van der Waals surface area contributed by atoms with Crippen molar-refractivity contribution in [2.45, 2.75) is 30.6 Å². The quantitative estimate of drug-likeness (QED) is 0.429. The summed E-state index contributed by atoms with van der Waals surface area (Å²) in [7, 11) is -2.83. The first-order valence-electron chi connectivity index (χ1n) is 4.67. The number of ether oxygens (including phenoxy) is 1. The first-order chi connectivity index (χ1) is 7.78. The third-order valence-corrected chi connectivity index (χ3v) is 3.52. The Labute approximate surface area is 99.9 Å². The van der Waals surface area contributed by atoms with Gasteiger partial charge in [-0.05, 0) is 12.8 Å². The van der Waals surface area contributed by atoms with E-state index >= 15 is 0 Å². The summed E-state index contributed by atoms with van der Waals surface area (Å²) in [5, 5.41) is 0. The van der Waals surface area contributed by atoms with E-state index in [4.69, 9.17) is 9.16 Å². The van der Waals surface area contributed by atoms with Crippen LogP contribution in [0.3, 0.4) is 0 Å². The lowest BCUT2D eigenvalue weighted by Gasteiger charge is -2.30. The molecule has 17 heavy (non-hydrogen) atoms. The topological polar surface area (TPSA) is 61.8 Å². The van der Waals surface area contributed by atoms with E-state index < -0.39 is 34.4 Å². The second-order valence-corrected chi connectivity index (χ2v) is 5.23. The SMILES string of the molecule is O=S(=O)(OC[C@H]1OCCC[C@@H]1O[Si])C(F)(F)F. The summed E-state index contributed by atoms with van der Waals surface area (Å²) in [5.41, 5.74) is -5.42. The third kappa shape index (κ3) is 3.91. The van der Waals surface area contributed by atoms with Crippen LogP contribution in [0.1, 0.15) is 12.8 Å². The summed E-state index contributed by atoms with van der Waals surface area (Å²) in [6, 6.07) is 0. The van der Waals surface area contributed by atoms with E-state index in [1.807, 2.05) is 0 Å². The highest BCUT2D eigenvalue weighted by Gasteiger charge is 2.48. The fourth-order valence-corrected chi connectivity index (χ4v) is 2.04. The van der Waals surface area contributed by atoms with Crippen LogP contribution in [0.15, 0.2) is 0 Å². The summed E-state index contributed by atoms with van der Waals surface area (Å²) in [6.45, 7) is -0.400. The van der Waals surface area contributed by atoms with Crippen molar-refractivity contribution in [3.63, 3.8) is 0 Å². The van der Waals surface area contributed by atoms with Crippen LogP contribution in [0.2, 0.25) is 0 Å². The van der Waals surface area contributed by atoms with Gasteiger partial charge in [-0.25, -0.2) is 0 Å². The molecular formula is C7H10F3O5SSi. The van der Waals surface area contributed by atoms with Gasteiger partial charge >= 0.3 is 15.6 Å². The van der Waals surface area contributed by atoms with Crippen LogP contribution in [0, 0.1) is 0 Å². The van der Waals surface area contributed by atoms with Crippen molar-refractivity contribution < 1.29 is 34.9 Å². The van der Waals surface area contributed by atoms with E-state index in [1.165, 1.54) is 0 Å². The van der Waals surface area contributed by atoms with Crippen molar-refractivity contribution in [1.29, 1.82) is 0 Å². The monoisotopic (exact) mass is 291 g/mol. The normalized spacial score (nSPS) is 27.1. The van der Waals surface area contributed by atoms with Gasteiger partial charge in [-0.1, -0.05) is 0 Å². The van der Waals surface area contributed by atoms with E-state index in [1.54, 1.807) is 0 Å². The minimum atomic E-state index is -5.58. The van der Waals surface area contributed by atoms with Crippen molar-refractivity contribution in [3.05, 3.63) is 0 Å². The average molecular weight is 291 g/mol. The summed E-state index contributed by atoms with van der Waals surface area (Å²) >= 11 is 0. The Morgan fingerprint density at radius 1 is 1.41 bits per heavy atom. The maximum Gasteiger partial charge on any atom is 0.523 e. The number of rotatable bonds is 4. The fraction of sp³-hybridized carbons (Fsp3) is 1.00. The van der Waals surface area contributed by atoms with Crippen LogP contribution in [0.25, 0.3) is 0 Å². The molecule has 0 unspecified atom stereocenters. The third-order valence-electron chi connectivity index (χ3n) is 2.20. The fourth-order valence-electron chi connectivity index (χ4n) is 1.33. The minimum Gasteiger partial charge on any atom is -0.413 e. The van der Waals surface area contributed by atoms with E-state index in [0.717, 1.165) is 0 Å². The zero-order valence-corrected chi connectivity index (χ0v) is 10.4. The van der Waals surface area contributed by atoms with Gasteiger partial charge in [-0.2, -0.15) is 21.6 Å². The second kappa shape index (κ2) is 5.65. The Balaban J connectivity index is 2.55. The minimum absolute atomic E-state index is 0.326. The molecule has 0 saturated carbocycles. The maximum absolute atomic E-state index is 12.0. The lowest BCUT2D eigenvalue weighted by Crippen LogP contribution is -2.41. The maximum atomic E-state index is 12.0. The van der Waals surface area contributed by atoms with Gasteiger partial charge in [-0.3, -0.25) is 4.18 Å². The second-order valence-electron chi connectivity index (χ2n) is 3.39. The molecule has 1 aliphatic rings. The Morgan fingerprint density at radius 2 is 2.06 bits per heavy atom. The van der Waals surface area contributed by atoms with Gasteiger partial charge in [0.15, 0.2) is 0 Å². The van der Waals surface area contributed by atoms with Gasteiger partial charge in [0.1, 0.15) is 6.10 Å². The molecule has 10 heteroatoms. The van der Waals surface area contributed by atoms with Gasteiger partial charge in [0.2, 0.25) is 10.5 Å². The molecule has 0 aromatic heterocycles. The predicted molar refractivity (Wildman–Crippen MR) is 50.5 cm³/mol. The summed E-state index contributed by atoms with van der Waals surface area (Å²) < 4.78 is 70.9. The zero-order chi connectivity index (χ0) is 13.1. The highest BCUT2D eigenvalue weighted by molar-refractivity contribution is 7.87. The molecule has 0 aromatic carbocycles. The highest BCUT2D eigenvalue weighted by atomic mass is 32.2. The molecule has 0 aliphatic carbocycles. The smallest absolute Gasteiger partial charge is 0.413 e. The first-order valence-corrected chi connectivity index (χ1v) is 6.49. The molecule has 0 spiro atoms. The van der Waals surface area contributed by atoms with Gasteiger partial charge in [0.05, 0.1) is 12.7 Å². The lowest BCUT2D eigenvalue weighted by atomic mass is 10.1. The van der Waals surface area contributed by atoms with Gasteiger partial charge < -0.3 is 9.16 Å². The molecule has 5 nitrogen and oxygen atoms in total. The highest BCUT2D eigenvalue weighted by Crippen LogP contribution is 2.26. The Kier molecular flexibility index (Phi) is 4.95. The number of hydrogen-bond acceptors (Lipinski definition) is 5. The number of hydrogen-bond donors (Lipinski definition) is 0. The van der Waals surface area contributed by atoms with Crippen molar-refractivity contribution in [2.75, 3.05) is 13.2 Å². The molecule has 1 rings (SSSR count). The van der Waals surface area contributed by atoms with Crippen LogP contribution >= 0.6 is 0 Å². The number of halogens is 3. The molecule has 99 valence electrons. The zero-order valence-electron chi connectivity index (χ0n) is 8.57.